The van der Waals surface area contributed by atoms with E-state index in [9.17, 15) is 18.3 Å². The van der Waals surface area contributed by atoms with Gasteiger partial charge in [-0.05, 0) is 25.5 Å². The predicted octanol–water partition coefficient (Wildman–Crippen LogP) is 0.523. The second kappa shape index (κ2) is 5.63. The fourth-order valence-electron chi connectivity index (χ4n) is 1.94. The Balaban J connectivity index is 2.38. The van der Waals surface area contributed by atoms with Gasteiger partial charge in [0.2, 0.25) is 10.0 Å². The number of aliphatic hydroxyl groups is 1. The molecule has 116 valence electrons. The molecule has 1 N–H and O–H groups in total. The zero-order valence-electron chi connectivity index (χ0n) is 12.1. The number of rotatable bonds is 5. The molecule has 0 spiro atoms. The lowest BCUT2D eigenvalue weighted by molar-refractivity contribution is 0.177. The second-order valence-corrected chi connectivity index (χ2v) is 7.07. The third kappa shape index (κ3) is 3.02. The number of fused-ring (bicyclic) bond motifs is 1. The van der Waals surface area contributed by atoms with Gasteiger partial charge in [0.15, 0.2) is 5.58 Å². The van der Waals surface area contributed by atoms with Crippen LogP contribution in [0.15, 0.2) is 32.3 Å². The summed E-state index contributed by atoms with van der Waals surface area (Å²) in [7, 11) is -0.679. The van der Waals surface area contributed by atoms with Gasteiger partial charge in [-0.1, -0.05) is 0 Å². The van der Waals surface area contributed by atoms with E-state index in [1.54, 1.807) is 14.0 Å². The summed E-state index contributed by atoms with van der Waals surface area (Å²) in [6.07, 6.45) is -0.226. The first kappa shape index (κ1) is 15.7. The van der Waals surface area contributed by atoms with Crippen LogP contribution in [0.5, 0.6) is 0 Å². The molecule has 1 aromatic heterocycles. The van der Waals surface area contributed by atoms with Crippen molar-refractivity contribution in [1.82, 2.24) is 8.87 Å². The van der Waals surface area contributed by atoms with Crippen LogP contribution in [-0.4, -0.2) is 42.1 Å². The standard InChI is InChI=1S/C13H18N2O5S/c1-9(16)6-7-14(2)21(18,19)10-4-5-11-12(8-10)20-13(17)15(11)3/h4-5,8-9,16H,6-7H2,1-3H3. The van der Waals surface area contributed by atoms with Crippen LogP contribution < -0.4 is 5.76 Å². The summed E-state index contributed by atoms with van der Waals surface area (Å²) < 4.78 is 32.3. The summed E-state index contributed by atoms with van der Waals surface area (Å²) in [5.74, 6) is -0.540. The number of oxazole rings is 1. The van der Waals surface area contributed by atoms with Crippen molar-refractivity contribution in [2.24, 2.45) is 7.05 Å². The molecular formula is C13H18N2O5S. The predicted molar refractivity (Wildman–Crippen MR) is 77.6 cm³/mol. The summed E-state index contributed by atoms with van der Waals surface area (Å²) in [4.78, 5) is 11.5. The molecule has 1 heterocycles. The molecule has 0 saturated heterocycles. The molecule has 8 heteroatoms. The van der Waals surface area contributed by atoms with Crippen molar-refractivity contribution < 1.29 is 17.9 Å². The quantitative estimate of drug-likeness (QED) is 0.868. The fraction of sp³-hybridized carbons (Fsp3) is 0.462. The van der Waals surface area contributed by atoms with Crippen molar-refractivity contribution in [1.29, 1.82) is 0 Å². The van der Waals surface area contributed by atoms with Crippen molar-refractivity contribution >= 4 is 21.1 Å². The highest BCUT2D eigenvalue weighted by molar-refractivity contribution is 7.89. The average Bonchev–Trinajstić information content (AvgIpc) is 2.70. The maximum Gasteiger partial charge on any atom is 0.419 e. The third-order valence-electron chi connectivity index (χ3n) is 3.33. The van der Waals surface area contributed by atoms with Crippen LogP contribution in [0.4, 0.5) is 0 Å². The van der Waals surface area contributed by atoms with Crippen LogP contribution in [0, 0.1) is 0 Å². The van der Waals surface area contributed by atoms with Crippen LogP contribution in [0.2, 0.25) is 0 Å². The van der Waals surface area contributed by atoms with Gasteiger partial charge in [0.1, 0.15) is 0 Å². The summed E-state index contributed by atoms with van der Waals surface area (Å²) >= 11 is 0. The molecule has 0 amide bonds. The molecule has 0 bridgehead atoms. The van der Waals surface area contributed by atoms with E-state index in [0.717, 1.165) is 0 Å². The Morgan fingerprint density at radius 1 is 1.43 bits per heavy atom. The smallest absolute Gasteiger partial charge is 0.408 e. The summed E-state index contributed by atoms with van der Waals surface area (Å²) in [6.45, 7) is 1.81. The lowest BCUT2D eigenvalue weighted by Crippen LogP contribution is -2.29. The molecule has 1 atom stereocenters. The van der Waals surface area contributed by atoms with Crippen LogP contribution >= 0.6 is 0 Å². The molecule has 21 heavy (non-hydrogen) atoms. The van der Waals surface area contributed by atoms with Gasteiger partial charge in [0, 0.05) is 26.7 Å². The molecule has 0 radical (unpaired) electrons. The van der Waals surface area contributed by atoms with Crippen molar-refractivity contribution in [3.05, 3.63) is 28.7 Å². The van der Waals surface area contributed by atoms with Gasteiger partial charge in [-0.25, -0.2) is 17.5 Å². The van der Waals surface area contributed by atoms with Gasteiger partial charge < -0.3 is 9.52 Å². The van der Waals surface area contributed by atoms with Gasteiger partial charge in [-0.3, -0.25) is 4.57 Å². The fourth-order valence-corrected chi connectivity index (χ4v) is 3.15. The minimum absolute atomic E-state index is 0.0532. The van der Waals surface area contributed by atoms with E-state index in [2.05, 4.69) is 0 Å². The topological polar surface area (TPSA) is 92.8 Å². The van der Waals surface area contributed by atoms with Gasteiger partial charge >= 0.3 is 5.76 Å². The van der Waals surface area contributed by atoms with Crippen molar-refractivity contribution in [3.63, 3.8) is 0 Å². The van der Waals surface area contributed by atoms with Crippen LogP contribution in [-0.2, 0) is 17.1 Å². The zero-order chi connectivity index (χ0) is 15.8. The average molecular weight is 314 g/mol. The van der Waals surface area contributed by atoms with E-state index < -0.39 is 21.9 Å². The highest BCUT2D eigenvalue weighted by Gasteiger charge is 2.22. The SMILES string of the molecule is CC(O)CCN(C)S(=O)(=O)c1ccc2c(c1)oc(=O)n2C. The van der Waals surface area contributed by atoms with E-state index in [0.29, 0.717) is 11.9 Å². The van der Waals surface area contributed by atoms with Crippen molar-refractivity contribution in [3.8, 4) is 0 Å². The first-order chi connectivity index (χ1) is 9.73. The van der Waals surface area contributed by atoms with E-state index >= 15 is 0 Å². The number of aliphatic hydroxyl groups excluding tert-OH is 1. The van der Waals surface area contributed by atoms with Crippen molar-refractivity contribution in [2.75, 3.05) is 13.6 Å². The molecular weight excluding hydrogens is 296 g/mol. The van der Waals surface area contributed by atoms with Crippen LogP contribution in [0.3, 0.4) is 0 Å². The normalized spacial score (nSPS) is 14.0. The molecule has 2 rings (SSSR count). The largest absolute Gasteiger partial charge is 0.419 e. The Morgan fingerprint density at radius 2 is 2.10 bits per heavy atom. The molecule has 0 aliphatic heterocycles. The number of aromatic nitrogens is 1. The van der Waals surface area contributed by atoms with Crippen LogP contribution in [0.25, 0.3) is 11.1 Å². The van der Waals surface area contributed by atoms with Gasteiger partial charge in [0.05, 0.1) is 16.5 Å². The lowest BCUT2D eigenvalue weighted by atomic mass is 10.3. The van der Waals surface area contributed by atoms with Crippen LogP contribution in [0.1, 0.15) is 13.3 Å². The number of aryl methyl sites for hydroxylation is 1. The highest BCUT2D eigenvalue weighted by atomic mass is 32.2. The maximum absolute atomic E-state index is 12.4. The Bertz CT molecular complexity index is 804. The minimum Gasteiger partial charge on any atom is -0.408 e. The molecule has 7 nitrogen and oxygen atoms in total. The molecule has 1 unspecified atom stereocenters. The van der Waals surface area contributed by atoms with Gasteiger partial charge in [-0.2, -0.15) is 0 Å². The minimum atomic E-state index is -3.68. The molecule has 0 fully saturated rings. The number of nitrogens with zero attached hydrogens (tertiary/aromatic N) is 2. The number of hydrogen-bond acceptors (Lipinski definition) is 5. The Morgan fingerprint density at radius 3 is 2.71 bits per heavy atom. The molecule has 0 aliphatic rings. The highest BCUT2D eigenvalue weighted by Crippen LogP contribution is 2.20. The summed E-state index contributed by atoms with van der Waals surface area (Å²) in [5.41, 5.74) is 0.762. The Kier molecular flexibility index (Phi) is 4.22. The van der Waals surface area contributed by atoms with E-state index in [1.165, 1.54) is 34.1 Å². The third-order valence-corrected chi connectivity index (χ3v) is 5.19. The lowest BCUT2D eigenvalue weighted by Gasteiger charge is -2.17. The summed E-state index contributed by atoms with van der Waals surface area (Å²) in [6, 6.07) is 4.31. The number of hydrogen-bond donors (Lipinski definition) is 1. The van der Waals surface area contributed by atoms with Crippen molar-refractivity contribution in [2.45, 2.75) is 24.3 Å². The number of sulfonamides is 1. The molecule has 0 aliphatic carbocycles. The van der Waals surface area contributed by atoms with Gasteiger partial charge in [-0.15, -0.1) is 0 Å². The Labute approximate surface area is 122 Å². The van der Waals surface area contributed by atoms with E-state index in [4.69, 9.17) is 4.42 Å². The zero-order valence-corrected chi connectivity index (χ0v) is 12.9. The summed E-state index contributed by atoms with van der Waals surface area (Å²) in [5, 5.41) is 9.24. The Hall–Kier alpha value is -1.64. The van der Waals surface area contributed by atoms with Gasteiger partial charge in [0.25, 0.3) is 0 Å². The molecule has 0 saturated carbocycles. The molecule has 1 aromatic carbocycles. The first-order valence-electron chi connectivity index (χ1n) is 6.47. The number of benzene rings is 1. The van der Waals surface area contributed by atoms with E-state index in [-0.39, 0.29) is 17.0 Å². The maximum atomic E-state index is 12.4. The monoisotopic (exact) mass is 314 g/mol. The second-order valence-electron chi connectivity index (χ2n) is 5.02. The molecule has 2 aromatic rings. The van der Waals surface area contributed by atoms with E-state index in [1.807, 2.05) is 0 Å². The first-order valence-corrected chi connectivity index (χ1v) is 7.91.